The maximum absolute atomic E-state index is 5.22. The van der Waals surface area contributed by atoms with Crippen molar-refractivity contribution in [3.8, 4) is 11.1 Å². The first kappa shape index (κ1) is 16.9. The summed E-state index contributed by atoms with van der Waals surface area (Å²) >= 11 is 5.22. The number of hydrogen-bond donors (Lipinski definition) is 2. The summed E-state index contributed by atoms with van der Waals surface area (Å²) in [7, 11) is 0. The molecule has 0 bridgehead atoms. The minimum atomic E-state index is 0.501. The van der Waals surface area contributed by atoms with Gasteiger partial charge in [0.2, 0.25) is 0 Å². The van der Waals surface area contributed by atoms with Crippen molar-refractivity contribution in [1.29, 1.82) is 0 Å². The molecule has 0 aromatic heterocycles. The summed E-state index contributed by atoms with van der Waals surface area (Å²) in [6, 6.07) is 28.6. The van der Waals surface area contributed by atoms with E-state index in [4.69, 9.17) is 12.2 Å². The second kappa shape index (κ2) is 8.76. The first-order valence-corrected chi connectivity index (χ1v) is 8.48. The quantitative estimate of drug-likeness (QED) is 0.410. The Morgan fingerprint density at radius 1 is 0.800 bits per heavy atom. The van der Waals surface area contributed by atoms with Crippen LogP contribution < -0.4 is 10.7 Å². The van der Waals surface area contributed by atoms with Gasteiger partial charge in [0, 0.05) is 6.54 Å². The van der Waals surface area contributed by atoms with Crippen molar-refractivity contribution in [3.05, 3.63) is 96.1 Å². The molecule has 0 aliphatic carbocycles. The molecule has 0 fully saturated rings. The molecule has 0 radical (unpaired) electrons. The lowest BCUT2D eigenvalue weighted by atomic mass is 10.0. The van der Waals surface area contributed by atoms with Gasteiger partial charge in [0.25, 0.3) is 0 Å². The van der Waals surface area contributed by atoms with Gasteiger partial charge in [0.15, 0.2) is 5.11 Å². The van der Waals surface area contributed by atoms with Crippen LogP contribution in [0.3, 0.4) is 0 Å². The lowest BCUT2D eigenvalue weighted by Gasteiger charge is -2.06. The van der Waals surface area contributed by atoms with Crippen molar-refractivity contribution in [3.63, 3.8) is 0 Å². The van der Waals surface area contributed by atoms with Gasteiger partial charge in [-0.15, -0.1) is 0 Å². The van der Waals surface area contributed by atoms with Crippen molar-refractivity contribution in [2.24, 2.45) is 5.10 Å². The van der Waals surface area contributed by atoms with Gasteiger partial charge in [0.05, 0.1) is 6.21 Å². The Bertz CT molecular complexity index is 828. The standard InChI is InChI=1S/C21H19N3S/c25-21(22-15-17-7-3-1-4-8-17)24-23-16-18-11-13-20(14-12-18)19-9-5-2-6-10-19/h1-14,16H,15H2,(H2,22,24,25). The number of nitrogens with zero attached hydrogens (tertiary/aromatic N) is 1. The fourth-order valence-electron chi connectivity index (χ4n) is 2.38. The topological polar surface area (TPSA) is 36.4 Å². The van der Waals surface area contributed by atoms with Crippen molar-refractivity contribution in [2.75, 3.05) is 0 Å². The zero-order chi connectivity index (χ0) is 17.3. The first-order chi connectivity index (χ1) is 12.3. The molecule has 0 spiro atoms. The molecule has 4 heteroatoms. The Morgan fingerprint density at radius 3 is 2.08 bits per heavy atom. The van der Waals surface area contributed by atoms with E-state index in [9.17, 15) is 0 Å². The van der Waals surface area contributed by atoms with E-state index in [0.717, 1.165) is 5.56 Å². The molecule has 3 nitrogen and oxygen atoms in total. The minimum absolute atomic E-state index is 0.501. The minimum Gasteiger partial charge on any atom is -0.357 e. The molecule has 0 amide bonds. The van der Waals surface area contributed by atoms with Gasteiger partial charge in [-0.05, 0) is 34.5 Å². The van der Waals surface area contributed by atoms with Crippen molar-refractivity contribution in [1.82, 2.24) is 10.7 Å². The van der Waals surface area contributed by atoms with Gasteiger partial charge in [-0.3, -0.25) is 5.43 Å². The summed E-state index contributed by atoms with van der Waals surface area (Å²) in [5.74, 6) is 0. The highest BCUT2D eigenvalue weighted by Gasteiger charge is 1.97. The summed E-state index contributed by atoms with van der Waals surface area (Å²) in [6.45, 7) is 0.675. The molecule has 0 atom stereocenters. The van der Waals surface area contributed by atoms with Crippen molar-refractivity contribution >= 4 is 23.5 Å². The normalized spacial score (nSPS) is 10.6. The SMILES string of the molecule is S=C(NCc1ccccc1)NN=Cc1ccc(-c2ccccc2)cc1. The van der Waals surface area contributed by atoms with Crippen molar-refractivity contribution in [2.45, 2.75) is 6.54 Å². The molecule has 3 aromatic carbocycles. The Hall–Kier alpha value is -2.98. The van der Waals surface area contributed by atoms with Crippen molar-refractivity contribution < 1.29 is 0 Å². The second-order valence-electron chi connectivity index (χ2n) is 5.53. The summed E-state index contributed by atoms with van der Waals surface area (Å²) in [5, 5.41) is 7.80. The lowest BCUT2D eigenvalue weighted by molar-refractivity contribution is 0.869. The third-order valence-electron chi connectivity index (χ3n) is 3.69. The number of nitrogens with one attached hydrogen (secondary N) is 2. The number of hydrazone groups is 1. The zero-order valence-corrected chi connectivity index (χ0v) is 14.5. The molecule has 3 rings (SSSR count). The van der Waals surface area contributed by atoms with Crippen LogP contribution in [0.1, 0.15) is 11.1 Å². The molecular formula is C21H19N3S. The molecular weight excluding hydrogens is 326 g/mol. The molecule has 0 aliphatic rings. The molecule has 0 saturated carbocycles. The molecule has 2 N–H and O–H groups in total. The summed E-state index contributed by atoms with van der Waals surface area (Å²) in [5.41, 5.74) is 7.41. The van der Waals surface area contributed by atoms with Gasteiger partial charge in [-0.2, -0.15) is 5.10 Å². The van der Waals surface area contributed by atoms with Gasteiger partial charge in [-0.25, -0.2) is 0 Å². The second-order valence-corrected chi connectivity index (χ2v) is 5.93. The van der Waals surface area contributed by atoms with E-state index in [0.29, 0.717) is 11.7 Å². The van der Waals surface area contributed by atoms with Crippen LogP contribution in [0.2, 0.25) is 0 Å². The van der Waals surface area contributed by atoms with E-state index in [1.165, 1.54) is 16.7 Å². The highest BCUT2D eigenvalue weighted by molar-refractivity contribution is 7.80. The van der Waals surface area contributed by atoms with Crippen LogP contribution in [0, 0.1) is 0 Å². The first-order valence-electron chi connectivity index (χ1n) is 8.07. The number of benzene rings is 3. The van der Waals surface area contributed by atoms with Gasteiger partial charge >= 0.3 is 0 Å². The highest BCUT2D eigenvalue weighted by Crippen LogP contribution is 2.18. The number of hydrogen-bond acceptors (Lipinski definition) is 2. The average Bonchev–Trinajstić information content (AvgIpc) is 2.68. The highest BCUT2D eigenvalue weighted by atomic mass is 32.1. The van der Waals surface area contributed by atoms with Crippen LogP contribution >= 0.6 is 12.2 Å². The van der Waals surface area contributed by atoms with E-state index in [2.05, 4.69) is 40.1 Å². The fraction of sp³-hybridized carbons (Fsp3) is 0.0476. The maximum Gasteiger partial charge on any atom is 0.187 e. The average molecular weight is 345 g/mol. The predicted molar refractivity (Wildman–Crippen MR) is 108 cm³/mol. The Balaban J connectivity index is 1.49. The monoisotopic (exact) mass is 345 g/mol. The lowest BCUT2D eigenvalue weighted by Crippen LogP contribution is -2.31. The zero-order valence-electron chi connectivity index (χ0n) is 13.7. The van der Waals surface area contributed by atoms with Crippen LogP contribution in [-0.4, -0.2) is 11.3 Å². The van der Waals surface area contributed by atoms with E-state index in [1.807, 2.05) is 60.7 Å². The molecule has 3 aromatic rings. The fourth-order valence-corrected chi connectivity index (χ4v) is 2.50. The molecule has 25 heavy (non-hydrogen) atoms. The smallest absolute Gasteiger partial charge is 0.187 e. The van der Waals surface area contributed by atoms with E-state index < -0.39 is 0 Å². The van der Waals surface area contributed by atoms with Gasteiger partial charge in [0.1, 0.15) is 0 Å². The van der Waals surface area contributed by atoms with Crippen LogP contribution in [0.5, 0.6) is 0 Å². The molecule has 0 heterocycles. The van der Waals surface area contributed by atoms with E-state index in [-0.39, 0.29) is 0 Å². The van der Waals surface area contributed by atoms with E-state index >= 15 is 0 Å². The Morgan fingerprint density at radius 2 is 1.40 bits per heavy atom. The molecule has 0 unspecified atom stereocenters. The van der Waals surface area contributed by atoms with Crippen LogP contribution in [0.25, 0.3) is 11.1 Å². The Labute approximate surface area is 153 Å². The summed E-state index contributed by atoms with van der Waals surface area (Å²) in [6.07, 6.45) is 1.76. The van der Waals surface area contributed by atoms with Crippen LogP contribution in [-0.2, 0) is 6.54 Å². The third-order valence-corrected chi connectivity index (χ3v) is 3.93. The molecule has 124 valence electrons. The third kappa shape index (κ3) is 5.26. The Kier molecular flexibility index (Phi) is 5.91. The van der Waals surface area contributed by atoms with Gasteiger partial charge < -0.3 is 5.32 Å². The van der Waals surface area contributed by atoms with Crippen LogP contribution in [0.4, 0.5) is 0 Å². The number of thiocarbonyl (C=S) groups is 1. The molecule has 0 aliphatic heterocycles. The van der Waals surface area contributed by atoms with Gasteiger partial charge in [-0.1, -0.05) is 84.9 Å². The maximum atomic E-state index is 5.22. The summed E-state index contributed by atoms with van der Waals surface area (Å²) in [4.78, 5) is 0. The van der Waals surface area contributed by atoms with E-state index in [1.54, 1.807) is 6.21 Å². The predicted octanol–water partition coefficient (Wildman–Crippen LogP) is 4.35. The largest absolute Gasteiger partial charge is 0.357 e. The molecule has 0 saturated heterocycles. The van der Waals surface area contributed by atoms with Crippen LogP contribution in [0.15, 0.2) is 90.0 Å². The summed E-state index contributed by atoms with van der Waals surface area (Å²) < 4.78 is 0. The number of rotatable bonds is 5.